The van der Waals surface area contributed by atoms with Gasteiger partial charge in [-0.1, -0.05) is 28.8 Å². The van der Waals surface area contributed by atoms with Crippen LogP contribution in [0.15, 0.2) is 33.6 Å². The molecule has 1 N–H and O–H groups in total. The van der Waals surface area contributed by atoms with Crippen molar-refractivity contribution in [3.63, 3.8) is 0 Å². The molecule has 0 radical (unpaired) electrons. The number of aliphatic hydroxyl groups is 1. The summed E-state index contributed by atoms with van der Waals surface area (Å²) in [6.45, 7) is 0.848. The van der Waals surface area contributed by atoms with E-state index in [2.05, 4.69) is 15.9 Å². The Morgan fingerprint density at radius 3 is 2.62 bits per heavy atom. The van der Waals surface area contributed by atoms with Gasteiger partial charge in [-0.25, -0.2) is 8.42 Å². The number of benzene rings is 1. The highest BCUT2D eigenvalue weighted by molar-refractivity contribution is 9.10. The molecular formula is C15H20BrNO3S. The molecule has 1 aromatic carbocycles. The van der Waals surface area contributed by atoms with Crippen molar-refractivity contribution in [1.29, 1.82) is 0 Å². The first kappa shape index (κ1) is 15.5. The van der Waals surface area contributed by atoms with Crippen molar-refractivity contribution in [2.75, 3.05) is 13.1 Å². The summed E-state index contributed by atoms with van der Waals surface area (Å²) < 4.78 is 27.8. The number of nitrogens with zero attached hydrogens (tertiary/aromatic N) is 1. The summed E-state index contributed by atoms with van der Waals surface area (Å²) >= 11 is 3.32. The van der Waals surface area contributed by atoms with Gasteiger partial charge in [0.2, 0.25) is 10.0 Å². The van der Waals surface area contributed by atoms with E-state index >= 15 is 0 Å². The molecule has 1 aromatic rings. The van der Waals surface area contributed by atoms with Gasteiger partial charge in [-0.15, -0.1) is 0 Å². The number of rotatable bonds is 2. The van der Waals surface area contributed by atoms with Gasteiger partial charge < -0.3 is 5.11 Å². The molecule has 0 spiro atoms. The summed E-state index contributed by atoms with van der Waals surface area (Å²) in [5.41, 5.74) is -0.649. The van der Waals surface area contributed by atoms with Crippen molar-refractivity contribution in [3.8, 4) is 0 Å². The fraction of sp³-hybridized carbons (Fsp3) is 0.600. The normalized spacial score (nSPS) is 30.9. The van der Waals surface area contributed by atoms with E-state index in [4.69, 9.17) is 0 Å². The van der Waals surface area contributed by atoms with Gasteiger partial charge in [0.15, 0.2) is 0 Å². The van der Waals surface area contributed by atoms with Gasteiger partial charge in [-0.2, -0.15) is 4.31 Å². The highest BCUT2D eigenvalue weighted by Crippen LogP contribution is 2.41. The van der Waals surface area contributed by atoms with Crippen LogP contribution in [-0.2, 0) is 10.0 Å². The van der Waals surface area contributed by atoms with Crippen LogP contribution >= 0.6 is 15.9 Å². The lowest BCUT2D eigenvalue weighted by molar-refractivity contribution is -0.0816. The molecule has 2 fully saturated rings. The van der Waals surface area contributed by atoms with E-state index in [1.807, 2.05) is 0 Å². The molecule has 6 heteroatoms. The summed E-state index contributed by atoms with van der Waals surface area (Å²) in [6, 6.07) is 6.74. The van der Waals surface area contributed by atoms with Crippen LogP contribution in [0.1, 0.15) is 32.1 Å². The van der Waals surface area contributed by atoms with Crippen molar-refractivity contribution >= 4 is 26.0 Å². The molecule has 1 saturated carbocycles. The molecule has 2 atom stereocenters. The first-order valence-corrected chi connectivity index (χ1v) is 9.63. The Kier molecular flexibility index (Phi) is 4.16. The predicted octanol–water partition coefficient (Wildman–Crippen LogP) is 2.76. The third kappa shape index (κ3) is 2.91. The molecule has 1 aliphatic heterocycles. The molecule has 1 heterocycles. The molecule has 2 unspecified atom stereocenters. The summed E-state index contributed by atoms with van der Waals surface area (Å²) in [6.07, 6.45) is 4.41. The zero-order valence-corrected chi connectivity index (χ0v) is 14.2. The van der Waals surface area contributed by atoms with Gasteiger partial charge in [0.05, 0.1) is 10.5 Å². The maximum atomic E-state index is 12.7. The highest BCUT2D eigenvalue weighted by Gasteiger charge is 2.45. The van der Waals surface area contributed by atoms with Crippen LogP contribution in [0, 0.1) is 5.92 Å². The monoisotopic (exact) mass is 373 g/mol. The van der Waals surface area contributed by atoms with Gasteiger partial charge in [0.1, 0.15) is 0 Å². The minimum atomic E-state index is -3.45. The van der Waals surface area contributed by atoms with Crippen molar-refractivity contribution in [2.45, 2.75) is 42.6 Å². The average molecular weight is 374 g/mol. The fourth-order valence-corrected chi connectivity index (χ4v) is 5.26. The lowest BCUT2D eigenvalue weighted by atomic mass is 9.72. The summed E-state index contributed by atoms with van der Waals surface area (Å²) in [5.74, 6) is 0.0743. The van der Waals surface area contributed by atoms with Crippen LogP contribution in [0.3, 0.4) is 0 Å². The van der Waals surface area contributed by atoms with Crippen molar-refractivity contribution < 1.29 is 13.5 Å². The van der Waals surface area contributed by atoms with Gasteiger partial charge in [-0.3, -0.25) is 0 Å². The third-order valence-electron chi connectivity index (χ3n) is 4.84. The maximum absolute atomic E-state index is 12.7. The number of piperidine rings is 1. The van der Waals surface area contributed by atoms with Crippen LogP contribution < -0.4 is 0 Å². The molecule has 0 amide bonds. The van der Waals surface area contributed by atoms with Crippen LogP contribution in [-0.4, -0.2) is 36.5 Å². The Morgan fingerprint density at radius 2 is 1.90 bits per heavy atom. The van der Waals surface area contributed by atoms with Crippen molar-refractivity contribution in [3.05, 3.63) is 28.7 Å². The Balaban J connectivity index is 1.82. The summed E-state index contributed by atoms with van der Waals surface area (Å²) in [7, 11) is -3.45. The van der Waals surface area contributed by atoms with E-state index in [-0.39, 0.29) is 5.92 Å². The Morgan fingerprint density at radius 1 is 1.19 bits per heavy atom. The molecule has 21 heavy (non-hydrogen) atoms. The Labute approximate surface area is 134 Å². The summed E-state index contributed by atoms with van der Waals surface area (Å²) in [4.78, 5) is 0.326. The Bertz CT molecular complexity index is 616. The van der Waals surface area contributed by atoms with Crippen LogP contribution in [0.25, 0.3) is 0 Å². The SMILES string of the molecule is O=S(=O)(c1ccc(Br)cc1)N1CCC2(O)CCCCC2C1. The van der Waals surface area contributed by atoms with E-state index in [0.29, 0.717) is 24.4 Å². The molecule has 3 rings (SSSR count). The molecule has 1 aliphatic carbocycles. The number of fused-ring (bicyclic) bond motifs is 1. The second kappa shape index (κ2) is 5.65. The quantitative estimate of drug-likeness (QED) is 0.866. The first-order valence-electron chi connectivity index (χ1n) is 7.40. The van der Waals surface area contributed by atoms with E-state index < -0.39 is 15.6 Å². The van der Waals surface area contributed by atoms with Crippen molar-refractivity contribution in [1.82, 2.24) is 4.31 Å². The molecule has 0 bridgehead atoms. The predicted molar refractivity (Wildman–Crippen MR) is 84.4 cm³/mol. The number of hydrogen-bond donors (Lipinski definition) is 1. The zero-order valence-electron chi connectivity index (χ0n) is 11.8. The molecular weight excluding hydrogens is 354 g/mol. The van der Waals surface area contributed by atoms with Crippen molar-refractivity contribution in [2.24, 2.45) is 5.92 Å². The number of hydrogen-bond acceptors (Lipinski definition) is 3. The second-order valence-electron chi connectivity index (χ2n) is 6.11. The lowest BCUT2D eigenvalue weighted by Crippen LogP contribution is -2.54. The standard InChI is InChI=1S/C15H20BrNO3S/c16-13-4-6-14(7-5-13)21(19,20)17-10-9-15(18)8-2-1-3-12(15)11-17/h4-7,12,18H,1-3,8-11H2. The van der Waals surface area contributed by atoms with Gasteiger partial charge in [0.25, 0.3) is 0 Å². The largest absolute Gasteiger partial charge is 0.390 e. The van der Waals surface area contributed by atoms with Gasteiger partial charge >= 0.3 is 0 Å². The smallest absolute Gasteiger partial charge is 0.243 e. The van der Waals surface area contributed by atoms with Gasteiger partial charge in [-0.05, 0) is 43.5 Å². The molecule has 0 aromatic heterocycles. The maximum Gasteiger partial charge on any atom is 0.243 e. The molecule has 2 aliphatic rings. The third-order valence-corrected chi connectivity index (χ3v) is 7.25. The number of sulfonamides is 1. The summed E-state index contributed by atoms with van der Waals surface area (Å²) in [5, 5.41) is 10.7. The second-order valence-corrected chi connectivity index (χ2v) is 8.97. The van der Waals surface area contributed by atoms with E-state index in [1.54, 1.807) is 28.6 Å². The first-order chi connectivity index (χ1) is 9.92. The van der Waals surface area contributed by atoms with Crippen LogP contribution in [0.4, 0.5) is 0 Å². The van der Waals surface area contributed by atoms with E-state index in [9.17, 15) is 13.5 Å². The molecule has 116 valence electrons. The molecule has 1 saturated heterocycles. The molecule has 4 nitrogen and oxygen atoms in total. The minimum Gasteiger partial charge on any atom is -0.390 e. The fourth-order valence-electron chi connectivity index (χ4n) is 3.51. The van der Waals surface area contributed by atoms with E-state index in [0.717, 1.165) is 30.2 Å². The topological polar surface area (TPSA) is 57.6 Å². The lowest BCUT2D eigenvalue weighted by Gasteiger charge is -2.46. The van der Waals surface area contributed by atoms with E-state index in [1.165, 1.54) is 0 Å². The average Bonchev–Trinajstić information content (AvgIpc) is 2.46. The van der Waals surface area contributed by atoms with Crippen LogP contribution in [0.5, 0.6) is 0 Å². The zero-order chi connectivity index (χ0) is 15.1. The van der Waals surface area contributed by atoms with Crippen LogP contribution in [0.2, 0.25) is 0 Å². The highest BCUT2D eigenvalue weighted by atomic mass is 79.9. The van der Waals surface area contributed by atoms with Gasteiger partial charge in [0, 0.05) is 23.5 Å². The minimum absolute atomic E-state index is 0.0743. The number of halogens is 1. The Hall–Kier alpha value is -0.430.